The number of sulfonamides is 1. The molecule has 0 aromatic heterocycles. The molecule has 0 unspecified atom stereocenters. The Morgan fingerprint density at radius 3 is 2.07 bits per heavy atom. The maximum atomic E-state index is 12.4. The van der Waals surface area contributed by atoms with E-state index in [-0.39, 0.29) is 21.6 Å². The van der Waals surface area contributed by atoms with Gasteiger partial charge in [-0.05, 0) is 51.1 Å². The lowest BCUT2D eigenvalue weighted by molar-refractivity contribution is -0.0584. The van der Waals surface area contributed by atoms with Crippen LogP contribution in [0.5, 0.6) is 0 Å². The van der Waals surface area contributed by atoms with Gasteiger partial charge in [-0.1, -0.05) is 23.3 Å². The second kappa shape index (κ2) is 6.84. The Kier molecular flexibility index (Phi) is 4.82. The van der Waals surface area contributed by atoms with Crippen LogP contribution in [0, 0.1) is 0 Å². The number of fused-ring (bicyclic) bond motifs is 1. The number of imide groups is 1. The number of hydroxylamine groups is 2. The molecular formula is C19H18N2O6S. The van der Waals surface area contributed by atoms with Crippen LogP contribution in [0.15, 0.2) is 53.4 Å². The molecule has 0 fully saturated rings. The zero-order chi connectivity index (χ0) is 20.7. The van der Waals surface area contributed by atoms with Crippen molar-refractivity contribution in [2.75, 3.05) is 0 Å². The van der Waals surface area contributed by atoms with Crippen LogP contribution in [0.2, 0.25) is 0 Å². The predicted octanol–water partition coefficient (Wildman–Crippen LogP) is 2.13. The third-order valence-corrected chi connectivity index (χ3v) is 5.51. The Morgan fingerprint density at radius 2 is 1.54 bits per heavy atom. The molecule has 8 nitrogen and oxygen atoms in total. The monoisotopic (exact) mass is 402 g/mol. The largest absolute Gasteiger partial charge is 0.363 e. The van der Waals surface area contributed by atoms with Crippen LogP contribution in [0.1, 0.15) is 51.8 Å². The van der Waals surface area contributed by atoms with E-state index in [9.17, 15) is 22.8 Å². The lowest BCUT2D eigenvalue weighted by Gasteiger charge is -2.20. The number of amides is 2. The molecule has 0 saturated heterocycles. The molecule has 0 aliphatic carbocycles. The average molecular weight is 402 g/mol. The molecule has 9 heteroatoms. The van der Waals surface area contributed by atoms with Crippen LogP contribution in [-0.2, 0) is 14.9 Å². The summed E-state index contributed by atoms with van der Waals surface area (Å²) in [6.07, 6.45) is 0. The highest BCUT2D eigenvalue weighted by molar-refractivity contribution is 7.89. The predicted molar refractivity (Wildman–Crippen MR) is 98.9 cm³/mol. The molecule has 3 rings (SSSR count). The van der Waals surface area contributed by atoms with Crippen LogP contribution in [-0.4, -0.2) is 36.8 Å². The number of hydrogen-bond acceptors (Lipinski definition) is 6. The highest BCUT2D eigenvalue weighted by atomic mass is 32.2. The molecular weight excluding hydrogens is 384 g/mol. The van der Waals surface area contributed by atoms with Crippen LogP contribution in [0.3, 0.4) is 0 Å². The number of benzene rings is 2. The second-order valence-corrected chi connectivity index (χ2v) is 8.89. The molecule has 28 heavy (non-hydrogen) atoms. The van der Waals surface area contributed by atoms with Crippen molar-refractivity contribution in [3.63, 3.8) is 0 Å². The van der Waals surface area contributed by atoms with Crippen LogP contribution < -0.4 is 4.72 Å². The average Bonchev–Trinajstić information content (AvgIpc) is 2.85. The van der Waals surface area contributed by atoms with Gasteiger partial charge in [0, 0.05) is 5.54 Å². The quantitative estimate of drug-likeness (QED) is 0.785. The molecule has 1 N–H and O–H groups in total. The minimum Gasteiger partial charge on any atom is -0.324 e. The van der Waals surface area contributed by atoms with Crippen LogP contribution >= 0.6 is 0 Å². The van der Waals surface area contributed by atoms with Crippen LogP contribution in [0.4, 0.5) is 0 Å². The van der Waals surface area contributed by atoms with Crippen molar-refractivity contribution in [3.05, 3.63) is 65.2 Å². The number of nitrogens with zero attached hydrogens (tertiary/aromatic N) is 1. The van der Waals surface area contributed by atoms with Crippen molar-refractivity contribution in [1.29, 1.82) is 0 Å². The standard InChI is InChI=1S/C19H18N2O6S/c1-19(2,3)20-28(25,26)13-8-6-7-12(11-13)18(24)27-21-16(22)14-9-4-5-10-15(14)17(21)23/h4-11,20H,1-3H3. The third kappa shape index (κ3) is 3.80. The highest BCUT2D eigenvalue weighted by Gasteiger charge is 2.38. The van der Waals surface area contributed by atoms with E-state index in [1.54, 1.807) is 32.9 Å². The minimum atomic E-state index is -3.87. The van der Waals surface area contributed by atoms with E-state index in [2.05, 4.69) is 4.72 Å². The van der Waals surface area contributed by atoms with E-state index in [4.69, 9.17) is 4.84 Å². The fraction of sp³-hybridized carbons (Fsp3) is 0.211. The normalized spacial score (nSPS) is 14.2. The van der Waals surface area contributed by atoms with Gasteiger partial charge < -0.3 is 4.84 Å². The summed E-state index contributed by atoms with van der Waals surface area (Å²) in [4.78, 5) is 41.8. The third-order valence-electron chi connectivity index (χ3n) is 3.75. The summed E-state index contributed by atoms with van der Waals surface area (Å²) >= 11 is 0. The summed E-state index contributed by atoms with van der Waals surface area (Å²) in [7, 11) is -3.87. The lowest BCUT2D eigenvalue weighted by atomic mass is 10.1. The molecule has 2 aromatic rings. The van der Waals surface area contributed by atoms with Gasteiger partial charge in [-0.2, -0.15) is 0 Å². The summed E-state index contributed by atoms with van der Waals surface area (Å²) in [6, 6.07) is 11.2. The molecule has 2 aromatic carbocycles. The molecule has 0 atom stereocenters. The first kappa shape index (κ1) is 19.7. The first-order valence-corrected chi connectivity index (χ1v) is 9.82. The molecule has 2 amide bonds. The fourth-order valence-corrected chi connectivity index (χ4v) is 4.10. The fourth-order valence-electron chi connectivity index (χ4n) is 2.64. The van der Waals surface area contributed by atoms with Gasteiger partial charge in [0.2, 0.25) is 10.0 Å². The molecule has 1 aliphatic rings. The Labute approximate surface area is 162 Å². The molecule has 1 heterocycles. The van der Waals surface area contributed by atoms with Crippen molar-refractivity contribution in [1.82, 2.24) is 9.79 Å². The molecule has 0 bridgehead atoms. The Hall–Kier alpha value is -3.04. The van der Waals surface area contributed by atoms with Gasteiger partial charge in [0.15, 0.2) is 0 Å². The van der Waals surface area contributed by atoms with Gasteiger partial charge in [-0.25, -0.2) is 17.9 Å². The summed E-state index contributed by atoms with van der Waals surface area (Å²) in [5.41, 5.74) is -0.569. The molecule has 1 aliphatic heterocycles. The van der Waals surface area contributed by atoms with Crippen molar-refractivity contribution in [2.24, 2.45) is 0 Å². The van der Waals surface area contributed by atoms with Gasteiger partial charge in [-0.3, -0.25) is 9.59 Å². The van der Waals surface area contributed by atoms with Gasteiger partial charge in [0.25, 0.3) is 11.8 Å². The molecule has 0 saturated carbocycles. The summed E-state index contributed by atoms with van der Waals surface area (Å²) in [5.74, 6) is -2.54. The van der Waals surface area contributed by atoms with Gasteiger partial charge in [0.05, 0.1) is 21.6 Å². The van der Waals surface area contributed by atoms with Crippen molar-refractivity contribution in [3.8, 4) is 0 Å². The summed E-state index contributed by atoms with van der Waals surface area (Å²) < 4.78 is 27.4. The topological polar surface area (TPSA) is 110 Å². The van der Waals surface area contributed by atoms with Crippen molar-refractivity contribution >= 4 is 27.8 Å². The van der Waals surface area contributed by atoms with Crippen LogP contribution in [0.25, 0.3) is 0 Å². The number of carbonyl (C=O) groups is 3. The van der Waals surface area contributed by atoms with E-state index in [0.717, 1.165) is 6.07 Å². The van der Waals surface area contributed by atoms with E-state index in [0.29, 0.717) is 5.06 Å². The number of hydrogen-bond donors (Lipinski definition) is 1. The van der Waals surface area contributed by atoms with E-state index in [1.165, 1.54) is 30.3 Å². The Balaban J connectivity index is 1.83. The lowest BCUT2D eigenvalue weighted by Crippen LogP contribution is -2.40. The van der Waals surface area contributed by atoms with E-state index < -0.39 is 33.3 Å². The SMILES string of the molecule is CC(C)(C)NS(=O)(=O)c1cccc(C(=O)ON2C(=O)c3ccccc3C2=O)c1. The summed E-state index contributed by atoms with van der Waals surface area (Å²) in [6.45, 7) is 5.06. The number of nitrogens with one attached hydrogen (secondary N) is 1. The van der Waals surface area contributed by atoms with E-state index >= 15 is 0 Å². The van der Waals surface area contributed by atoms with Gasteiger partial charge >= 0.3 is 5.97 Å². The minimum absolute atomic E-state index is 0.117. The highest BCUT2D eigenvalue weighted by Crippen LogP contribution is 2.24. The van der Waals surface area contributed by atoms with Crippen molar-refractivity contribution in [2.45, 2.75) is 31.2 Å². The zero-order valence-electron chi connectivity index (χ0n) is 15.4. The van der Waals surface area contributed by atoms with Crippen molar-refractivity contribution < 1.29 is 27.6 Å². The first-order chi connectivity index (χ1) is 13.0. The Morgan fingerprint density at radius 1 is 0.964 bits per heavy atom. The number of rotatable bonds is 4. The molecule has 146 valence electrons. The second-order valence-electron chi connectivity index (χ2n) is 7.21. The van der Waals surface area contributed by atoms with Gasteiger partial charge in [-0.15, -0.1) is 0 Å². The molecule has 0 spiro atoms. The maximum absolute atomic E-state index is 12.4. The molecule has 0 radical (unpaired) electrons. The zero-order valence-corrected chi connectivity index (χ0v) is 16.2. The van der Waals surface area contributed by atoms with Gasteiger partial charge in [0.1, 0.15) is 0 Å². The maximum Gasteiger partial charge on any atom is 0.363 e. The van der Waals surface area contributed by atoms with E-state index in [1.807, 2.05) is 0 Å². The Bertz CT molecular complexity index is 1050. The first-order valence-electron chi connectivity index (χ1n) is 8.34. The summed E-state index contributed by atoms with van der Waals surface area (Å²) in [5, 5.41) is 0.377. The number of carbonyl (C=O) groups excluding carboxylic acids is 3. The smallest absolute Gasteiger partial charge is 0.324 e.